The van der Waals surface area contributed by atoms with E-state index in [4.69, 9.17) is 10.0 Å². The van der Waals surface area contributed by atoms with Gasteiger partial charge in [0.1, 0.15) is 12.0 Å². The first kappa shape index (κ1) is 9.76. The summed E-state index contributed by atoms with van der Waals surface area (Å²) in [6.45, 7) is 0. The van der Waals surface area contributed by atoms with Crippen LogP contribution in [0, 0.1) is 0 Å². The van der Waals surface area contributed by atoms with Gasteiger partial charge in [-0.1, -0.05) is 12.1 Å². The molecule has 0 aliphatic heterocycles. The van der Waals surface area contributed by atoms with E-state index >= 15 is 0 Å². The molecule has 2 N–H and O–H groups in total. The van der Waals surface area contributed by atoms with Crippen LogP contribution in [-0.4, -0.2) is 23.7 Å². The first-order chi connectivity index (χ1) is 6.22. The summed E-state index contributed by atoms with van der Waals surface area (Å²) in [5, 5.41) is 16.9. The Balaban J connectivity index is 2.63. The molecule has 0 heterocycles. The number of carbonyl (C=O) groups excluding carboxylic acids is 1. The van der Waals surface area contributed by atoms with Crippen molar-refractivity contribution in [3.63, 3.8) is 0 Å². The zero-order chi connectivity index (χ0) is 9.68. The highest BCUT2D eigenvalue weighted by Gasteiger charge is 2.10. The van der Waals surface area contributed by atoms with Crippen LogP contribution in [0.3, 0.4) is 0 Å². The van der Waals surface area contributed by atoms with Crippen molar-refractivity contribution in [2.75, 3.05) is 0 Å². The van der Waals surface area contributed by atoms with Gasteiger partial charge in [0.05, 0.1) is 0 Å². The smallest absolute Gasteiger partial charge is 0.512 e. The molecule has 0 saturated heterocycles. The quantitative estimate of drug-likeness (QED) is 0.496. The summed E-state index contributed by atoms with van der Waals surface area (Å²) >= 11 is 0. The number of benzene rings is 1. The topological polar surface area (TPSA) is 66.8 Å². The van der Waals surface area contributed by atoms with E-state index in [0.717, 1.165) is 11.8 Å². The van der Waals surface area contributed by atoms with Crippen LogP contribution in [0.5, 0.6) is 5.75 Å². The van der Waals surface area contributed by atoms with E-state index < -0.39 is 7.32 Å². The van der Waals surface area contributed by atoms with Crippen LogP contribution < -0.4 is 4.65 Å². The van der Waals surface area contributed by atoms with Gasteiger partial charge in [-0.2, -0.15) is 0 Å². The third-order valence-electron chi connectivity index (χ3n) is 1.48. The normalized spacial score (nSPS) is 9.38. The Morgan fingerprint density at radius 2 is 1.92 bits per heavy atom. The highest BCUT2D eigenvalue weighted by molar-refractivity contribution is 6.33. The molecular formula is C8H9BO4. The van der Waals surface area contributed by atoms with Crippen LogP contribution in [0.25, 0.3) is 0 Å². The molecule has 0 unspecified atom stereocenters. The van der Waals surface area contributed by atoms with Gasteiger partial charge in [0, 0.05) is 6.42 Å². The molecule has 0 aliphatic rings. The zero-order valence-corrected chi connectivity index (χ0v) is 6.88. The lowest BCUT2D eigenvalue weighted by Gasteiger charge is -2.04. The van der Waals surface area contributed by atoms with Gasteiger partial charge in [0.25, 0.3) is 0 Å². The second-order valence-electron chi connectivity index (χ2n) is 2.46. The zero-order valence-electron chi connectivity index (χ0n) is 6.88. The highest BCUT2D eigenvalue weighted by Crippen LogP contribution is 2.12. The highest BCUT2D eigenvalue weighted by atomic mass is 16.6. The molecule has 0 aromatic heterocycles. The third-order valence-corrected chi connectivity index (χ3v) is 1.48. The minimum atomic E-state index is -1.81. The molecule has 0 spiro atoms. The average molecular weight is 180 g/mol. The molecule has 13 heavy (non-hydrogen) atoms. The lowest BCUT2D eigenvalue weighted by molar-refractivity contribution is -0.107. The first-order valence-electron chi connectivity index (χ1n) is 3.78. The van der Waals surface area contributed by atoms with Gasteiger partial charge >= 0.3 is 7.32 Å². The van der Waals surface area contributed by atoms with Crippen molar-refractivity contribution in [2.45, 2.75) is 6.42 Å². The van der Waals surface area contributed by atoms with Crippen molar-refractivity contribution < 1.29 is 19.5 Å². The van der Waals surface area contributed by atoms with Crippen molar-refractivity contribution in [1.82, 2.24) is 0 Å². The lowest BCUT2D eigenvalue weighted by atomic mass is 10.1. The Morgan fingerprint density at radius 1 is 1.31 bits per heavy atom. The summed E-state index contributed by atoms with van der Waals surface area (Å²) in [4.78, 5) is 10.1. The van der Waals surface area contributed by atoms with E-state index in [-0.39, 0.29) is 0 Å². The van der Waals surface area contributed by atoms with E-state index in [1.165, 1.54) is 0 Å². The molecular weight excluding hydrogens is 171 g/mol. The van der Waals surface area contributed by atoms with Crippen LogP contribution in [0.2, 0.25) is 0 Å². The van der Waals surface area contributed by atoms with Crippen molar-refractivity contribution in [1.29, 1.82) is 0 Å². The molecule has 0 aliphatic carbocycles. The Hall–Kier alpha value is -1.33. The summed E-state index contributed by atoms with van der Waals surface area (Å²) in [5.41, 5.74) is 0.856. The van der Waals surface area contributed by atoms with E-state index in [2.05, 4.69) is 4.65 Å². The Labute approximate surface area is 76.0 Å². The largest absolute Gasteiger partial charge is 0.707 e. The Kier molecular flexibility index (Phi) is 3.48. The summed E-state index contributed by atoms with van der Waals surface area (Å²) in [5.74, 6) is 0.352. The molecule has 1 aromatic carbocycles. The van der Waals surface area contributed by atoms with Crippen LogP contribution >= 0.6 is 0 Å². The molecule has 68 valence electrons. The van der Waals surface area contributed by atoms with Gasteiger partial charge in [0.2, 0.25) is 0 Å². The van der Waals surface area contributed by atoms with Crippen LogP contribution in [0.4, 0.5) is 0 Å². The predicted octanol–water partition coefficient (Wildman–Crippen LogP) is -0.224. The fourth-order valence-corrected chi connectivity index (χ4v) is 0.922. The molecule has 0 saturated carbocycles. The Morgan fingerprint density at radius 3 is 2.38 bits per heavy atom. The predicted molar refractivity (Wildman–Crippen MR) is 47.0 cm³/mol. The van der Waals surface area contributed by atoms with E-state index in [9.17, 15) is 4.79 Å². The number of hydrogen-bond acceptors (Lipinski definition) is 4. The van der Waals surface area contributed by atoms with Crippen LogP contribution in [0.1, 0.15) is 5.56 Å². The molecule has 0 amide bonds. The number of carbonyl (C=O) groups is 1. The van der Waals surface area contributed by atoms with Crippen molar-refractivity contribution in [3.05, 3.63) is 29.8 Å². The van der Waals surface area contributed by atoms with E-state index in [1.807, 2.05) is 0 Å². The molecule has 0 fully saturated rings. The Bertz CT molecular complexity index is 270. The van der Waals surface area contributed by atoms with E-state index in [0.29, 0.717) is 12.2 Å². The minimum Gasteiger partial charge on any atom is -0.512 e. The lowest BCUT2D eigenvalue weighted by Crippen LogP contribution is -2.20. The molecule has 5 heteroatoms. The van der Waals surface area contributed by atoms with Gasteiger partial charge in [-0.05, 0) is 17.7 Å². The fraction of sp³-hybridized carbons (Fsp3) is 0.125. The minimum absolute atomic E-state index is 0.349. The van der Waals surface area contributed by atoms with Crippen LogP contribution in [-0.2, 0) is 11.2 Å². The summed E-state index contributed by atoms with van der Waals surface area (Å²) in [6.07, 6.45) is 1.15. The fourth-order valence-electron chi connectivity index (χ4n) is 0.922. The molecule has 1 aromatic rings. The first-order valence-corrected chi connectivity index (χ1v) is 3.78. The number of hydrogen-bond donors (Lipinski definition) is 2. The molecule has 1 rings (SSSR count). The maximum absolute atomic E-state index is 10.1. The summed E-state index contributed by atoms with van der Waals surface area (Å²) in [6, 6.07) is 6.51. The molecule has 0 atom stereocenters. The maximum atomic E-state index is 10.1. The van der Waals surface area contributed by atoms with Gasteiger partial charge < -0.3 is 19.5 Å². The summed E-state index contributed by atoms with van der Waals surface area (Å²) < 4.78 is 4.57. The van der Waals surface area contributed by atoms with Gasteiger partial charge in [-0.15, -0.1) is 0 Å². The second kappa shape index (κ2) is 4.64. The second-order valence-corrected chi connectivity index (χ2v) is 2.46. The standard InChI is InChI=1S/C8H9BO4/c10-6-5-7-1-3-8(4-2-7)13-9(11)12/h1-4,6,11-12H,5H2. The van der Waals surface area contributed by atoms with Crippen LogP contribution in [0.15, 0.2) is 24.3 Å². The third kappa shape index (κ3) is 3.27. The number of aldehydes is 1. The van der Waals surface area contributed by atoms with E-state index in [1.54, 1.807) is 24.3 Å². The monoisotopic (exact) mass is 180 g/mol. The average Bonchev–Trinajstić information content (AvgIpc) is 2.08. The molecule has 0 radical (unpaired) electrons. The van der Waals surface area contributed by atoms with Gasteiger partial charge in [-0.25, -0.2) is 0 Å². The van der Waals surface area contributed by atoms with Crippen molar-refractivity contribution in [3.8, 4) is 5.75 Å². The molecule has 4 nitrogen and oxygen atoms in total. The van der Waals surface area contributed by atoms with Crippen molar-refractivity contribution >= 4 is 13.6 Å². The SMILES string of the molecule is O=CCc1ccc(OB(O)O)cc1. The van der Waals surface area contributed by atoms with Gasteiger partial charge in [-0.3, -0.25) is 0 Å². The molecule has 0 bridgehead atoms. The maximum Gasteiger partial charge on any atom is 0.707 e. The van der Waals surface area contributed by atoms with Gasteiger partial charge in [0.15, 0.2) is 0 Å². The summed E-state index contributed by atoms with van der Waals surface area (Å²) in [7, 11) is -1.81. The van der Waals surface area contributed by atoms with Crippen molar-refractivity contribution in [2.24, 2.45) is 0 Å². The number of rotatable bonds is 4.